The van der Waals surface area contributed by atoms with Crippen LogP contribution in [0, 0.1) is 6.92 Å². The van der Waals surface area contributed by atoms with Crippen molar-refractivity contribution in [3.63, 3.8) is 0 Å². The van der Waals surface area contributed by atoms with Crippen LogP contribution in [0.1, 0.15) is 36.0 Å². The molecule has 1 amide bonds. The fourth-order valence-corrected chi connectivity index (χ4v) is 3.87. The third-order valence-corrected chi connectivity index (χ3v) is 5.46. The number of nitrogens with zero attached hydrogens (tertiary/aromatic N) is 2. The Morgan fingerprint density at radius 3 is 2.62 bits per heavy atom. The van der Waals surface area contributed by atoms with Crippen molar-refractivity contribution >= 4 is 16.9 Å². The summed E-state index contributed by atoms with van der Waals surface area (Å²) in [6, 6.07) is 20.2. The van der Waals surface area contributed by atoms with E-state index in [9.17, 15) is 14.7 Å². The monoisotopic (exact) mass is 430 g/mol. The number of aromatic amines is 1. The normalized spacial score (nSPS) is 12.0. The number of amides is 1. The predicted octanol–water partition coefficient (Wildman–Crippen LogP) is 3.62. The van der Waals surface area contributed by atoms with Gasteiger partial charge in [-0.3, -0.25) is 9.59 Å². The Morgan fingerprint density at radius 1 is 1.12 bits per heavy atom. The van der Waals surface area contributed by atoms with Crippen LogP contribution < -0.4 is 10.9 Å². The van der Waals surface area contributed by atoms with Gasteiger partial charge in [-0.15, -0.1) is 0 Å². The number of nitrogens with one attached hydrogen (secondary N) is 2. The van der Waals surface area contributed by atoms with Gasteiger partial charge in [-0.25, -0.2) is 4.98 Å². The van der Waals surface area contributed by atoms with Crippen molar-refractivity contribution in [3.05, 3.63) is 94.2 Å². The molecular formula is C25H26N4O3. The molecule has 0 aliphatic heterocycles. The Hall–Kier alpha value is -3.87. The summed E-state index contributed by atoms with van der Waals surface area (Å²) >= 11 is 0. The summed E-state index contributed by atoms with van der Waals surface area (Å²) in [6.07, 6.45) is 1.40. The maximum atomic E-state index is 12.8. The first-order chi connectivity index (χ1) is 15.5. The van der Waals surface area contributed by atoms with Gasteiger partial charge >= 0.3 is 0 Å². The van der Waals surface area contributed by atoms with E-state index < -0.39 is 0 Å². The van der Waals surface area contributed by atoms with Crippen molar-refractivity contribution in [2.75, 3.05) is 0 Å². The van der Waals surface area contributed by atoms with E-state index in [1.165, 1.54) is 6.07 Å². The summed E-state index contributed by atoms with van der Waals surface area (Å²) in [4.78, 5) is 32.9. The van der Waals surface area contributed by atoms with E-state index in [2.05, 4.69) is 15.3 Å². The van der Waals surface area contributed by atoms with Crippen molar-refractivity contribution in [1.82, 2.24) is 19.9 Å². The molecule has 0 spiro atoms. The first-order valence-electron chi connectivity index (χ1n) is 10.7. The highest BCUT2D eigenvalue weighted by Crippen LogP contribution is 2.20. The Morgan fingerprint density at radius 2 is 1.88 bits per heavy atom. The van der Waals surface area contributed by atoms with Gasteiger partial charge in [0.2, 0.25) is 5.91 Å². The lowest BCUT2D eigenvalue weighted by Crippen LogP contribution is -2.31. The van der Waals surface area contributed by atoms with Crippen LogP contribution in [0.2, 0.25) is 0 Å². The molecule has 4 aromatic rings. The molecule has 2 heterocycles. The summed E-state index contributed by atoms with van der Waals surface area (Å²) in [6.45, 7) is 2.17. The van der Waals surface area contributed by atoms with E-state index in [4.69, 9.17) is 0 Å². The van der Waals surface area contributed by atoms with Crippen LogP contribution in [0.15, 0.2) is 71.5 Å². The van der Waals surface area contributed by atoms with Gasteiger partial charge in [0.25, 0.3) is 5.56 Å². The third kappa shape index (κ3) is 5.06. The minimum atomic E-state index is -0.296. The number of hydrogen-bond donors (Lipinski definition) is 3. The quantitative estimate of drug-likeness (QED) is 0.397. The molecule has 2 aromatic heterocycles. The molecule has 4 rings (SSSR count). The molecule has 0 saturated carbocycles. The number of para-hydroxylation sites is 2. The van der Waals surface area contributed by atoms with E-state index in [1.54, 1.807) is 17.6 Å². The number of rotatable bonds is 8. The van der Waals surface area contributed by atoms with Crippen molar-refractivity contribution in [2.24, 2.45) is 0 Å². The Kier molecular flexibility index (Phi) is 6.35. The number of hydrogen-bond acceptors (Lipinski definition) is 4. The molecule has 0 fully saturated rings. The number of carbonyl (C=O) groups is 1. The first kappa shape index (κ1) is 21.4. The largest absolute Gasteiger partial charge is 0.508 e. The average Bonchev–Trinajstić information content (AvgIpc) is 3.20. The third-order valence-electron chi connectivity index (χ3n) is 5.46. The predicted molar refractivity (Wildman–Crippen MR) is 123 cm³/mol. The number of aromatic nitrogens is 3. The van der Waals surface area contributed by atoms with Gasteiger partial charge in [0.15, 0.2) is 0 Å². The maximum absolute atomic E-state index is 12.8. The van der Waals surface area contributed by atoms with Crippen molar-refractivity contribution in [1.29, 1.82) is 0 Å². The lowest BCUT2D eigenvalue weighted by molar-refractivity contribution is -0.122. The van der Waals surface area contributed by atoms with Gasteiger partial charge < -0.3 is 20.0 Å². The lowest BCUT2D eigenvalue weighted by Gasteiger charge is -2.17. The van der Waals surface area contributed by atoms with Crippen LogP contribution in [0.4, 0.5) is 0 Å². The second kappa shape index (κ2) is 9.51. The zero-order valence-electron chi connectivity index (χ0n) is 17.9. The number of carbonyl (C=O) groups excluding carboxylic acids is 1. The number of pyridine rings is 1. The Labute approximate surface area is 185 Å². The summed E-state index contributed by atoms with van der Waals surface area (Å²) in [5.74, 6) is 0.570. The summed E-state index contributed by atoms with van der Waals surface area (Å²) < 4.78 is 1.56. The molecule has 32 heavy (non-hydrogen) atoms. The SMILES string of the molecule is Cc1cc(O)cc(=O)n1CCCC(=O)NC(Cc1ccccc1)c1nc2ccccc2[nH]1. The molecule has 164 valence electrons. The molecule has 7 heteroatoms. The number of imidazole rings is 1. The molecule has 0 saturated heterocycles. The van der Waals surface area contributed by atoms with Gasteiger partial charge in [0, 0.05) is 24.7 Å². The van der Waals surface area contributed by atoms with Crippen molar-refractivity contribution in [3.8, 4) is 5.75 Å². The van der Waals surface area contributed by atoms with Crippen LogP contribution in [-0.2, 0) is 17.8 Å². The van der Waals surface area contributed by atoms with Crippen LogP contribution in [-0.4, -0.2) is 25.5 Å². The second-order valence-corrected chi connectivity index (χ2v) is 7.90. The molecule has 0 radical (unpaired) electrons. The zero-order valence-corrected chi connectivity index (χ0v) is 17.9. The molecular weight excluding hydrogens is 404 g/mol. The van der Waals surface area contributed by atoms with Crippen molar-refractivity contribution in [2.45, 2.75) is 38.8 Å². The Balaban J connectivity index is 1.45. The lowest BCUT2D eigenvalue weighted by atomic mass is 10.1. The van der Waals surface area contributed by atoms with Gasteiger partial charge in [0.1, 0.15) is 11.6 Å². The van der Waals surface area contributed by atoms with E-state index in [0.717, 1.165) is 16.6 Å². The van der Waals surface area contributed by atoms with Gasteiger partial charge in [-0.05, 0) is 43.5 Å². The smallest absolute Gasteiger partial charge is 0.254 e. The van der Waals surface area contributed by atoms with E-state index in [-0.39, 0.29) is 29.7 Å². The van der Waals surface area contributed by atoms with E-state index in [1.807, 2.05) is 54.6 Å². The highest BCUT2D eigenvalue weighted by Gasteiger charge is 2.19. The van der Waals surface area contributed by atoms with E-state index in [0.29, 0.717) is 30.9 Å². The highest BCUT2D eigenvalue weighted by molar-refractivity contribution is 5.77. The molecule has 2 aromatic carbocycles. The average molecular weight is 431 g/mol. The Bertz CT molecular complexity index is 1240. The standard InChI is InChI=1S/C25H26N4O3/c1-17-14-19(30)16-24(32)29(17)13-7-12-23(31)26-22(15-18-8-3-2-4-9-18)25-27-20-10-5-6-11-21(20)28-25/h2-6,8-11,14,16,22,30H,7,12-13,15H2,1H3,(H,26,31)(H,27,28). The van der Waals surface area contributed by atoms with E-state index >= 15 is 0 Å². The number of fused-ring (bicyclic) bond motifs is 1. The minimum Gasteiger partial charge on any atom is -0.508 e. The van der Waals surface area contributed by atoms with Crippen LogP contribution in [0.3, 0.4) is 0 Å². The van der Waals surface area contributed by atoms with Crippen LogP contribution >= 0.6 is 0 Å². The van der Waals surface area contributed by atoms with Crippen LogP contribution in [0.25, 0.3) is 11.0 Å². The molecule has 7 nitrogen and oxygen atoms in total. The topological polar surface area (TPSA) is 100 Å². The fourth-order valence-electron chi connectivity index (χ4n) is 3.87. The number of aryl methyl sites for hydroxylation is 1. The molecule has 0 aliphatic carbocycles. The number of benzene rings is 2. The first-order valence-corrected chi connectivity index (χ1v) is 10.7. The number of H-pyrrole nitrogens is 1. The maximum Gasteiger partial charge on any atom is 0.254 e. The van der Waals surface area contributed by atoms with Gasteiger partial charge in [-0.2, -0.15) is 0 Å². The summed E-state index contributed by atoms with van der Waals surface area (Å²) in [5, 5.41) is 12.6. The molecule has 0 aliphatic rings. The molecule has 0 bridgehead atoms. The van der Waals surface area contributed by atoms with Gasteiger partial charge in [-0.1, -0.05) is 42.5 Å². The van der Waals surface area contributed by atoms with Crippen LogP contribution in [0.5, 0.6) is 5.75 Å². The fraction of sp³-hybridized carbons (Fsp3) is 0.240. The molecule has 1 atom stereocenters. The summed E-state index contributed by atoms with van der Waals surface area (Å²) in [5.41, 5.74) is 3.28. The molecule has 1 unspecified atom stereocenters. The zero-order chi connectivity index (χ0) is 22.5. The van der Waals surface area contributed by atoms with Gasteiger partial charge in [0.05, 0.1) is 17.1 Å². The van der Waals surface area contributed by atoms with Crippen molar-refractivity contribution < 1.29 is 9.90 Å². The number of aromatic hydroxyl groups is 1. The second-order valence-electron chi connectivity index (χ2n) is 7.90. The summed E-state index contributed by atoms with van der Waals surface area (Å²) in [7, 11) is 0. The molecule has 3 N–H and O–H groups in total. The minimum absolute atomic E-state index is 0.0453. The highest BCUT2D eigenvalue weighted by atomic mass is 16.3.